The maximum atomic E-state index is 11.7. The maximum absolute atomic E-state index is 11.7. The zero-order valence-electron chi connectivity index (χ0n) is 9.17. The maximum Gasteiger partial charge on any atom is 0.244 e. The van der Waals surface area contributed by atoms with Gasteiger partial charge in [0.25, 0.3) is 0 Å². The first-order chi connectivity index (χ1) is 8.12. The third kappa shape index (κ3) is 2.90. The van der Waals surface area contributed by atoms with Crippen LogP contribution in [0.1, 0.15) is 16.8 Å². The zero-order valence-corrected chi connectivity index (χ0v) is 10.8. The van der Waals surface area contributed by atoms with Crippen molar-refractivity contribution in [3.05, 3.63) is 28.5 Å². The molecule has 0 spiro atoms. The zero-order chi connectivity index (χ0) is 12.3. The van der Waals surface area contributed by atoms with E-state index in [1.807, 2.05) is 6.92 Å². The fourth-order valence-electron chi connectivity index (χ4n) is 1.22. The minimum Gasteiger partial charge on any atom is -0.284 e. The molecule has 2 rings (SSSR count). The standard InChI is InChI=1S/C9H12N4O2S2/c1-2-7-3-10-9(16-7)6-13-17(14,15)8-4-11-12-5-8/h3-5,13H,2,6H2,1H3,(H,11,12). The highest BCUT2D eigenvalue weighted by atomic mass is 32.2. The largest absolute Gasteiger partial charge is 0.284 e. The van der Waals surface area contributed by atoms with Crippen molar-refractivity contribution in [3.8, 4) is 0 Å². The molecular formula is C9H12N4O2S2. The lowest BCUT2D eigenvalue weighted by Crippen LogP contribution is -2.22. The number of hydrogen-bond acceptors (Lipinski definition) is 5. The number of nitrogens with one attached hydrogen (secondary N) is 2. The van der Waals surface area contributed by atoms with Gasteiger partial charge in [0.15, 0.2) is 0 Å². The molecule has 0 aliphatic carbocycles. The van der Waals surface area contributed by atoms with Gasteiger partial charge in [-0.3, -0.25) is 5.10 Å². The second-order valence-electron chi connectivity index (χ2n) is 3.33. The molecule has 2 aromatic rings. The lowest BCUT2D eigenvalue weighted by atomic mass is 10.4. The van der Waals surface area contributed by atoms with Gasteiger partial charge in [-0.1, -0.05) is 6.92 Å². The van der Waals surface area contributed by atoms with Gasteiger partial charge in [0, 0.05) is 17.3 Å². The van der Waals surface area contributed by atoms with Crippen LogP contribution in [0.3, 0.4) is 0 Å². The first-order valence-corrected chi connectivity index (χ1v) is 7.34. The van der Waals surface area contributed by atoms with Crippen LogP contribution in [-0.2, 0) is 23.0 Å². The first-order valence-electron chi connectivity index (χ1n) is 5.04. The number of rotatable bonds is 5. The van der Waals surface area contributed by atoms with E-state index in [1.165, 1.54) is 23.7 Å². The highest BCUT2D eigenvalue weighted by Gasteiger charge is 2.15. The van der Waals surface area contributed by atoms with E-state index in [0.717, 1.165) is 16.3 Å². The topological polar surface area (TPSA) is 87.7 Å². The smallest absolute Gasteiger partial charge is 0.244 e. The molecule has 0 aromatic carbocycles. The lowest BCUT2D eigenvalue weighted by molar-refractivity contribution is 0.581. The van der Waals surface area contributed by atoms with Crippen LogP contribution >= 0.6 is 11.3 Å². The monoisotopic (exact) mass is 272 g/mol. The predicted octanol–water partition coefficient (Wildman–Crippen LogP) is 0.907. The molecule has 0 fully saturated rings. The summed E-state index contributed by atoms with van der Waals surface area (Å²) in [5.74, 6) is 0. The summed E-state index contributed by atoms with van der Waals surface area (Å²) in [5.41, 5.74) is 0. The molecule has 17 heavy (non-hydrogen) atoms. The molecule has 0 aliphatic rings. The highest BCUT2D eigenvalue weighted by molar-refractivity contribution is 7.89. The Hall–Kier alpha value is -1.25. The second kappa shape index (κ2) is 4.94. The number of H-pyrrole nitrogens is 1. The predicted molar refractivity (Wildman–Crippen MR) is 64.1 cm³/mol. The molecule has 2 aromatic heterocycles. The summed E-state index contributed by atoms with van der Waals surface area (Å²) in [6, 6.07) is 0. The Balaban J connectivity index is 2.03. The van der Waals surface area contributed by atoms with Gasteiger partial charge in [0.1, 0.15) is 9.90 Å². The molecule has 0 aliphatic heterocycles. The number of thiazole rings is 1. The Morgan fingerprint density at radius 2 is 2.29 bits per heavy atom. The first kappa shape index (κ1) is 12.2. The van der Waals surface area contributed by atoms with Crippen molar-refractivity contribution in [2.75, 3.05) is 0 Å². The molecule has 0 saturated carbocycles. The van der Waals surface area contributed by atoms with E-state index in [0.29, 0.717) is 0 Å². The summed E-state index contributed by atoms with van der Waals surface area (Å²) in [4.78, 5) is 5.41. The fraction of sp³-hybridized carbons (Fsp3) is 0.333. The molecule has 2 N–H and O–H groups in total. The summed E-state index contributed by atoms with van der Waals surface area (Å²) >= 11 is 1.51. The van der Waals surface area contributed by atoms with Crippen LogP contribution in [-0.4, -0.2) is 23.6 Å². The summed E-state index contributed by atoms with van der Waals surface area (Å²) in [6.07, 6.45) is 5.28. The van der Waals surface area contributed by atoms with Crippen molar-refractivity contribution < 1.29 is 8.42 Å². The average molecular weight is 272 g/mol. The van der Waals surface area contributed by atoms with Gasteiger partial charge >= 0.3 is 0 Å². The average Bonchev–Trinajstić information content (AvgIpc) is 2.98. The van der Waals surface area contributed by atoms with Crippen molar-refractivity contribution >= 4 is 21.4 Å². The van der Waals surface area contributed by atoms with Gasteiger partial charge < -0.3 is 0 Å². The fourth-order valence-corrected chi connectivity index (χ4v) is 3.01. The SMILES string of the molecule is CCc1cnc(CNS(=O)(=O)c2cn[nH]c2)s1. The summed E-state index contributed by atoms with van der Waals surface area (Å²) < 4.78 is 26.0. The van der Waals surface area contributed by atoms with E-state index in [2.05, 4.69) is 19.9 Å². The number of aromatic nitrogens is 3. The third-order valence-electron chi connectivity index (χ3n) is 2.15. The van der Waals surface area contributed by atoms with Crippen LogP contribution in [0.2, 0.25) is 0 Å². The number of aromatic amines is 1. The minimum atomic E-state index is -3.49. The molecule has 92 valence electrons. The molecule has 0 amide bonds. The van der Waals surface area contributed by atoms with Crippen LogP contribution in [0.5, 0.6) is 0 Å². The number of aryl methyl sites for hydroxylation is 1. The van der Waals surface area contributed by atoms with E-state index < -0.39 is 10.0 Å². The molecule has 0 bridgehead atoms. The number of hydrogen-bond donors (Lipinski definition) is 2. The van der Waals surface area contributed by atoms with Crippen LogP contribution in [0.15, 0.2) is 23.5 Å². The Labute approximate surface area is 103 Å². The molecule has 0 saturated heterocycles. The lowest BCUT2D eigenvalue weighted by Gasteiger charge is -2.01. The van der Waals surface area contributed by atoms with Crippen LogP contribution in [0.4, 0.5) is 0 Å². The van der Waals surface area contributed by atoms with Gasteiger partial charge in [-0.05, 0) is 6.42 Å². The van der Waals surface area contributed by atoms with Crippen LogP contribution in [0, 0.1) is 0 Å². The van der Waals surface area contributed by atoms with Crippen LogP contribution in [0.25, 0.3) is 0 Å². The third-order valence-corrected chi connectivity index (χ3v) is 4.66. The molecule has 8 heteroatoms. The Morgan fingerprint density at radius 1 is 1.47 bits per heavy atom. The van der Waals surface area contributed by atoms with Crippen molar-refractivity contribution in [1.82, 2.24) is 19.9 Å². The summed E-state index contributed by atoms with van der Waals surface area (Å²) in [5, 5.41) is 6.83. The Bertz CT molecular complexity index is 574. The molecule has 0 atom stereocenters. The molecule has 2 heterocycles. The van der Waals surface area contributed by atoms with Gasteiger partial charge in [-0.2, -0.15) is 5.10 Å². The molecule has 6 nitrogen and oxygen atoms in total. The van der Waals surface area contributed by atoms with Crippen LogP contribution < -0.4 is 4.72 Å². The van der Waals surface area contributed by atoms with E-state index in [1.54, 1.807) is 6.20 Å². The second-order valence-corrected chi connectivity index (χ2v) is 6.30. The van der Waals surface area contributed by atoms with E-state index >= 15 is 0 Å². The molecular weight excluding hydrogens is 260 g/mol. The van der Waals surface area contributed by atoms with E-state index in [9.17, 15) is 8.42 Å². The van der Waals surface area contributed by atoms with Crippen molar-refractivity contribution in [2.45, 2.75) is 24.8 Å². The number of sulfonamides is 1. The van der Waals surface area contributed by atoms with Gasteiger partial charge in [-0.15, -0.1) is 11.3 Å². The van der Waals surface area contributed by atoms with Gasteiger partial charge in [0.2, 0.25) is 10.0 Å². The molecule has 0 radical (unpaired) electrons. The highest BCUT2D eigenvalue weighted by Crippen LogP contribution is 2.14. The Kier molecular flexibility index (Phi) is 3.55. The van der Waals surface area contributed by atoms with Gasteiger partial charge in [-0.25, -0.2) is 18.1 Å². The minimum absolute atomic E-state index is 0.129. The summed E-state index contributed by atoms with van der Waals surface area (Å²) in [7, 11) is -3.49. The number of nitrogens with zero attached hydrogens (tertiary/aromatic N) is 2. The van der Waals surface area contributed by atoms with E-state index in [4.69, 9.17) is 0 Å². The van der Waals surface area contributed by atoms with E-state index in [-0.39, 0.29) is 11.4 Å². The van der Waals surface area contributed by atoms with Gasteiger partial charge in [0.05, 0.1) is 12.7 Å². The molecule has 0 unspecified atom stereocenters. The van der Waals surface area contributed by atoms with Crippen molar-refractivity contribution in [3.63, 3.8) is 0 Å². The van der Waals surface area contributed by atoms with Crippen molar-refractivity contribution in [1.29, 1.82) is 0 Å². The normalized spacial score (nSPS) is 11.8. The van der Waals surface area contributed by atoms with Crippen molar-refractivity contribution in [2.24, 2.45) is 0 Å². The quantitative estimate of drug-likeness (QED) is 0.846. The summed E-state index contributed by atoms with van der Waals surface area (Å²) in [6.45, 7) is 2.24. The Morgan fingerprint density at radius 3 is 2.88 bits per heavy atom.